The molecule has 1 aromatic rings. The predicted octanol–water partition coefficient (Wildman–Crippen LogP) is 2.52. The molecule has 18 heavy (non-hydrogen) atoms. The average molecular weight is 258 g/mol. The Morgan fingerprint density at radius 3 is 2.50 bits per heavy atom. The Balaban J connectivity index is 2.12. The fraction of sp³-hybridized carbons (Fsp3) is 0.500. The van der Waals surface area contributed by atoms with E-state index in [2.05, 4.69) is 4.98 Å². The van der Waals surface area contributed by atoms with Crippen LogP contribution in [0.25, 0.3) is 0 Å². The van der Waals surface area contributed by atoms with E-state index in [1.807, 2.05) is 0 Å². The van der Waals surface area contributed by atoms with Gasteiger partial charge in [-0.15, -0.1) is 0 Å². The van der Waals surface area contributed by atoms with Crippen LogP contribution in [-0.4, -0.2) is 24.4 Å². The van der Waals surface area contributed by atoms with E-state index < -0.39 is 11.9 Å². The van der Waals surface area contributed by atoms with E-state index in [9.17, 15) is 18.0 Å². The summed E-state index contributed by atoms with van der Waals surface area (Å²) >= 11 is 0. The van der Waals surface area contributed by atoms with Gasteiger partial charge < -0.3 is 9.69 Å². The number of carbonyl (C=O) groups excluding carboxylic acids is 1. The standard InChI is InChI=1S/C12H13F3N2O/c13-12(14,15)10-2-1-3-11(16-10)17-6-4-9(8-18)5-7-17/h1-3,8-9H,4-7H2. The highest BCUT2D eigenvalue weighted by atomic mass is 19.4. The first-order chi connectivity index (χ1) is 8.50. The van der Waals surface area contributed by atoms with Gasteiger partial charge in [0.05, 0.1) is 0 Å². The summed E-state index contributed by atoms with van der Waals surface area (Å²) in [7, 11) is 0. The number of piperidine rings is 1. The minimum absolute atomic E-state index is 0.0204. The summed E-state index contributed by atoms with van der Waals surface area (Å²) in [5, 5.41) is 0. The minimum Gasteiger partial charge on any atom is -0.357 e. The number of rotatable bonds is 2. The van der Waals surface area contributed by atoms with Crippen molar-refractivity contribution < 1.29 is 18.0 Å². The second kappa shape index (κ2) is 4.96. The summed E-state index contributed by atoms with van der Waals surface area (Å²) in [5.74, 6) is 0.348. The molecule has 0 aromatic carbocycles. The molecule has 1 aliphatic rings. The number of aromatic nitrogens is 1. The zero-order chi connectivity index (χ0) is 13.2. The van der Waals surface area contributed by atoms with Crippen LogP contribution in [0.1, 0.15) is 18.5 Å². The van der Waals surface area contributed by atoms with Gasteiger partial charge >= 0.3 is 6.18 Å². The van der Waals surface area contributed by atoms with Crippen LogP contribution in [0.2, 0.25) is 0 Å². The van der Waals surface area contributed by atoms with Crippen molar-refractivity contribution in [3.05, 3.63) is 23.9 Å². The summed E-state index contributed by atoms with van der Waals surface area (Å²) in [5.41, 5.74) is -0.877. The maximum absolute atomic E-state index is 12.5. The molecule has 0 amide bonds. The van der Waals surface area contributed by atoms with E-state index in [1.165, 1.54) is 6.07 Å². The molecule has 0 N–H and O–H groups in total. The predicted molar refractivity (Wildman–Crippen MR) is 60.2 cm³/mol. The second-order valence-electron chi connectivity index (χ2n) is 4.34. The van der Waals surface area contributed by atoms with E-state index in [0.717, 1.165) is 12.4 Å². The van der Waals surface area contributed by atoms with E-state index in [-0.39, 0.29) is 5.92 Å². The van der Waals surface area contributed by atoms with Gasteiger partial charge in [-0.25, -0.2) is 4.98 Å². The first kappa shape index (κ1) is 12.9. The average Bonchev–Trinajstić information content (AvgIpc) is 2.38. The molecule has 0 unspecified atom stereocenters. The lowest BCUT2D eigenvalue weighted by Crippen LogP contribution is -2.34. The Labute approximate surface area is 103 Å². The van der Waals surface area contributed by atoms with E-state index in [1.54, 1.807) is 11.0 Å². The van der Waals surface area contributed by atoms with Gasteiger partial charge in [-0.2, -0.15) is 13.2 Å². The van der Waals surface area contributed by atoms with Crippen molar-refractivity contribution in [2.24, 2.45) is 5.92 Å². The fourth-order valence-electron chi connectivity index (χ4n) is 2.02. The molecule has 1 aromatic heterocycles. The number of pyridine rings is 1. The molecule has 0 atom stereocenters. The van der Waals surface area contributed by atoms with Crippen molar-refractivity contribution in [2.45, 2.75) is 19.0 Å². The first-order valence-corrected chi connectivity index (χ1v) is 5.75. The van der Waals surface area contributed by atoms with Crippen LogP contribution in [0.5, 0.6) is 0 Å². The van der Waals surface area contributed by atoms with Crippen LogP contribution >= 0.6 is 0 Å². The van der Waals surface area contributed by atoms with Crippen molar-refractivity contribution in [3.8, 4) is 0 Å². The van der Waals surface area contributed by atoms with Crippen LogP contribution in [0.15, 0.2) is 18.2 Å². The molecule has 6 heteroatoms. The molecule has 1 saturated heterocycles. The number of hydrogen-bond donors (Lipinski definition) is 0. The quantitative estimate of drug-likeness (QED) is 0.764. The molecular formula is C12H13F3N2O. The molecule has 3 nitrogen and oxygen atoms in total. The topological polar surface area (TPSA) is 33.2 Å². The van der Waals surface area contributed by atoms with Gasteiger partial charge in [0.1, 0.15) is 17.8 Å². The van der Waals surface area contributed by atoms with E-state index >= 15 is 0 Å². The van der Waals surface area contributed by atoms with Gasteiger partial charge in [-0.05, 0) is 25.0 Å². The molecule has 98 valence electrons. The molecule has 2 rings (SSSR count). The second-order valence-corrected chi connectivity index (χ2v) is 4.34. The molecule has 0 spiro atoms. The lowest BCUT2D eigenvalue weighted by molar-refractivity contribution is -0.141. The number of hydrogen-bond acceptors (Lipinski definition) is 3. The van der Waals surface area contributed by atoms with Crippen molar-refractivity contribution in [1.29, 1.82) is 0 Å². The van der Waals surface area contributed by atoms with Crippen LogP contribution in [0, 0.1) is 5.92 Å². The van der Waals surface area contributed by atoms with Gasteiger partial charge in [-0.3, -0.25) is 0 Å². The summed E-state index contributed by atoms with van der Waals surface area (Å²) in [6, 6.07) is 3.88. The fourth-order valence-corrected chi connectivity index (χ4v) is 2.02. The summed E-state index contributed by atoms with van der Waals surface area (Å²) < 4.78 is 37.6. The molecule has 0 aliphatic carbocycles. The zero-order valence-electron chi connectivity index (χ0n) is 9.65. The highest BCUT2D eigenvalue weighted by molar-refractivity contribution is 5.54. The molecule has 0 radical (unpaired) electrons. The monoisotopic (exact) mass is 258 g/mol. The number of carbonyl (C=O) groups is 1. The minimum atomic E-state index is -4.42. The van der Waals surface area contributed by atoms with E-state index in [0.29, 0.717) is 31.7 Å². The summed E-state index contributed by atoms with van der Waals surface area (Å²) in [4.78, 5) is 16.0. The van der Waals surface area contributed by atoms with Crippen LogP contribution in [0.4, 0.5) is 19.0 Å². The smallest absolute Gasteiger partial charge is 0.357 e. The molecule has 0 saturated carbocycles. The van der Waals surface area contributed by atoms with Crippen molar-refractivity contribution in [1.82, 2.24) is 4.98 Å². The Hall–Kier alpha value is -1.59. The third-order valence-electron chi connectivity index (χ3n) is 3.08. The molecular weight excluding hydrogens is 245 g/mol. The lowest BCUT2D eigenvalue weighted by Gasteiger charge is -2.30. The van der Waals surface area contributed by atoms with Gasteiger partial charge in [0.2, 0.25) is 0 Å². The summed E-state index contributed by atoms with van der Waals surface area (Å²) in [6.45, 7) is 1.13. The Morgan fingerprint density at radius 1 is 1.28 bits per heavy atom. The zero-order valence-corrected chi connectivity index (χ0v) is 9.65. The highest BCUT2D eigenvalue weighted by Gasteiger charge is 2.33. The van der Waals surface area contributed by atoms with Gasteiger partial charge in [0, 0.05) is 19.0 Å². The number of halogens is 3. The summed E-state index contributed by atoms with van der Waals surface area (Å²) in [6.07, 6.45) is -2.17. The normalized spacial score (nSPS) is 17.8. The lowest BCUT2D eigenvalue weighted by atomic mass is 9.99. The molecule has 2 heterocycles. The van der Waals surface area contributed by atoms with Crippen molar-refractivity contribution in [3.63, 3.8) is 0 Å². The van der Waals surface area contributed by atoms with Gasteiger partial charge in [-0.1, -0.05) is 6.07 Å². The molecule has 1 aliphatic heterocycles. The SMILES string of the molecule is O=CC1CCN(c2cccc(C(F)(F)F)n2)CC1. The van der Waals surface area contributed by atoms with Crippen molar-refractivity contribution >= 4 is 12.1 Å². The third-order valence-corrected chi connectivity index (χ3v) is 3.08. The van der Waals surface area contributed by atoms with Gasteiger partial charge in [0.15, 0.2) is 0 Å². The number of anilines is 1. The van der Waals surface area contributed by atoms with Crippen LogP contribution in [-0.2, 0) is 11.0 Å². The first-order valence-electron chi connectivity index (χ1n) is 5.75. The number of nitrogens with zero attached hydrogens (tertiary/aromatic N) is 2. The van der Waals surface area contributed by atoms with Gasteiger partial charge in [0.25, 0.3) is 0 Å². The Kier molecular flexibility index (Phi) is 3.54. The van der Waals surface area contributed by atoms with Crippen LogP contribution in [0.3, 0.4) is 0 Å². The van der Waals surface area contributed by atoms with Crippen molar-refractivity contribution in [2.75, 3.05) is 18.0 Å². The third kappa shape index (κ3) is 2.80. The Morgan fingerprint density at radius 2 is 1.94 bits per heavy atom. The van der Waals surface area contributed by atoms with Crippen LogP contribution < -0.4 is 4.90 Å². The molecule has 0 bridgehead atoms. The maximum atomic E-state index is 12.5. The largest absolute Gasteiger partial charge is 0.433 e. The Bertz CT molecular complexity index is 426. The number of aldehydes is 1. The number of alkyl halides is 3. The van der Waals surface area contributed by atoms with E-state index in [4.69, 9.17) is 0 Å². The maximum Gasteiger partial charge on any atom is 0.433 e. The molecule has 1 fully saturated rings. The highest BCUT2D eigenvalue weighted by Crippen LogP contribution is 2.29.